The second-order valence-corrected chi connectivity index (χ2v) is 21.4. The molecule has 396 valence electrons. The number of quaternary nitrogens is 1. The Morgan fingerprint density at radius 3 is 1.25 bits per heavy atom. The largest absolute Gasteiger partial charge is 0.472 e. The first-order chi connectivity index (χ1) is 33.0. The standard InChI is InChI=1S/C58H106NO8P/c1-6-8-10-12-14-15-16-17-18-19-20-21-22-23-24-25-26-27-28-29-30-31-32-33-34-35-36-37-38-39-40-41-42-43-45-47-49-51-58(61)67-56(55-66-68(62,63)65-53-52-59(3,4)5)54-64-57(60)50-48-46-44-13-11-9-7-2/h8,10,14-15,17-18,20-21,23-24,56H,6-7,9,11-13,16,19,22,25-55H2,1-5H3/p+1/b10-8-,15-14-,18-17-,21-20-,24-23-. The molecule has 0 bridgehead atoms. The predicted octanol–water partition coefficient (Wildman–Crippen LogP) is 17.1. The van der Waals surface area contributed by atoms with Gasteiger partial charge in [0.1, 0.15) is 19.8 Å². The summed E-state index contributed by atoms with van der Waals surface area (Å²) in [6.45, 7) is 4.28. The lowest BCUT2D eigenvalue weighted by Crippen LogP contribution is -2.37. The zero-order chi connectivity index (χ0) is 49.9. The number of rotatable bonds is 51. The van der Waals surface area contributed by atoms with E-state index in [1.807, 2.05) is 21.1 Å². The normalized spacial score (nSPS) is 13.8. The molecular formula is C58H107NO8P+. The first kappa shape index (κ1) is 65.7. The molecule has 0 aliphatic rings. The van der Waals surface area contributed by atoms with Crippen LogP contribution in [0.5, 0.6) is 0 Å². The third kappa shape index (κ3) is 53.1. The molecule has 0 rings (SSSR count). The minimum atomic E-state index is -4.37. The van der Waals surface area contributed by atoms with Crippen molar-refractivity contribution in [1.82, 2.24) is 0 Å². The zero-order valence-electron chi connectivity index (χ0n) is 44.8. The number of unbranched alkanes of at least 4 members (excludes halogenated alkanes) is 27. The first-order valence-electron chi connectivity index (χ1n) is 28.0. The highest BCUT2D eigenvalue weighted by atomic mass is 31.2. The number of carbonyl (C=O) groups excluding carboxylic acids is 2. The first-order valence-corrected chi connectivity index (χ1v) is 29.5. The van der Waals surface area contributed by atoms with Crippen LogP contribution in [0.3, 0.4) is 0 Å². The summed E-state index contributed by atoms with van der Waals surface area (Å²) in [6, 6.07) is 0. The summed E-state index contributed by atoms with van der Waals surface area (Å²) >= 11 is 0. The molecule has 1 N–H and O–H groups in total. The fourth-order valence-corrected chi connectivity index (χ4v) is 8.49. The van der Waals surface area contributed by atoms with Crippen LogP contribution in [0.4, 0.5) is 0 Å². The fourth-order valence-electron chi connectivity index (χ4n) is 7.75. The van der Waals surface area contributed by atoms with Crippen molar-refractivity contribution < 1.29 is 42.1 Å². The topological polar surface area (TPSA) is 108 Å². The third-order valence-corrected chi connectivity index (χ3v) is 13.0. The van der Waals surface area contributed by atoms with Gasteiger partial charge in [0, 0.05) is 12.8 Å². The highest BCUT2D eigenvalue weighted by Crippen LogP contribution is 2.43. The van der Waals surface area contributed by atoms with Gasteiger partial charge in [0.15, 0.2) is 6.10 Å². The van der Waals surface area contributed by atoms with Crippen LogP contribution in [0.1, 0.15) is 245 Å². The summed E-state index contributed by atoms with van der Waals surface area (Å²) in [7, 11) is 1.48. The quantitative estimate of drug-likeness (QED) is 0.0211. The number of carbonyl (C=O) groups is 2. The molecule has 0 saturated carbocycles. The van der Waals surface area contributed by atoms with Gasteiger partial charge in [-0.2, -0.15) is 0 Å². The molecule has 0 spiro atoms. The van der Waals surface area contributed by atoms with Crippen LogP contribution in [0.2, 0.25) is 0 Å². The number of nitrogens with zero attached hydrogens (tertiary/aromatic N) is 1. The van der Waals surface area contributed by atoms with Crippen LogP contribution in [-0.2, 0) is 32.7 Å². The number of hydrogen-bond donors (Lipinski definition) is 1. The van der Waals surface area contributed by atoms with Crippen molar-refractivity contribution >= 4 is 19.8 Å². The van der Waals surface area contributed by atoms with Crippen LogP contribution in [0, 0.1) is 0 Å². The Kier molecular flexibility index (Phi) is 48.0. The molecule has 10 heteroatoms. The van der Waals surface area contributed by atoms with Crippen LogP contribution in [0.15, 0.2) is 60.8 Å². The number of esters is 2. The van der Waals surface area contributed by atoms with E-state index in [2.05, 4.69) is 74.6 Å². The van der Waals surface area contributed by atoms with Gasteiger partial charge in [-0.3, -0.25) is 18.6 Å². The summed E-state index contributed by atoms with van der Waals surface area (Å²) < 4.78 is 34.3. The Balaban J connectivity index is 3.84. The van der Waals surface area contributed by atoms with Gasteiger partial charge >= 0.3 is 19.8 Å². The van der Waals surface area contributed by atoms with Crippen molar-refractivity contribution in [3.8, 4) is 0 Å². The highest BCUT2D eigenvalue weighted by Gasteiger charge is 2.27. The van der Waals surface area contributed by atoms with E-state index in [0.29, 0.717) is 17.4 Å². The van der Waals surface area contributed by atoms with Crippen molar-refractivity contribution in [2.45, 2.75) is 251 Å². The van der Waals surface area contributed by atoms with E-state index in [0.717, 1.165) is 64.2 Å². The molecular weight excluding hydrogens is 870 g/mol. The fraction of sp³-hybridized carbons (Fsp3) is 0.793. The van der Waals surface area contributed by atoms with E-state index < -0.39 is 26.5 Å². The zero-order valence-corrected chi connectivity index (χ0v) is 45.7. The molecule has 68 heavy (non-hydrogen) atoms. The average molecular weight is 977 g/mol. The van der Waals surface area contributed by atoms with Gasteiger partial charge in [-0.15, -0.1) is 0 Å². The summed E-state index contributed by atoms with van der Waals surface area (Å²) in [4.78, 5) is 35.3. The lowest BCUT2D eigenvalue weighted by molar-refractivity contribution is -0.870. The van der Waals surface area contributed by atoms with Crippen molar-refractivity contribution in [3.63, 3.8) is 0 Å². The maximum Gasteiger partial charge on any atom is 0.472 e. The van der Waals surface area contributed by atoms with Gasteiger partial charge in [0.2, 0.25) is 0 Å². The molecule has 0 radical (unpaired) electrons. The van der Waals surface area contributed by atoms with Gasteiger partial charge in [0.25, 0.3) is 0 Å². The second-order valence-electron chi connectivity index (χ2n) is 19.9. The molecule has 0 aliphatic heterocycles. The van der Waals surface area contributed by atoms with Crippen molar-refractivity contribution in [3.05, 3.63) is 60.8 Å². The summed E-state index contributed by atoms with van der Waals surface area (Å²) in [5.41, 5.74) is 0. The molecule has 0 amide bonds. The summed E-state index contributed by atoms with van der Waals surface area (Å²) in [6.07, 6.45) is 63.4. The van der Waals surface area contributed by atoms with E-state index >= 15 is 0 Å². The maximum absolute atomic E-state index is 12.7. The molecule has 0 saturated heterocycles. The van der Waals surface area contributed by atoms with Crippen LogP contribution in [-0.4, -0.2) is 74.9 Å². The molecule has 0 aromatic carbocycles. The number of phosphoric ester groups is 1. The van der Waals surface area contributed by atoms with E-state index in [-0.39, 0.29) is 32.0 Å². The molecule has 0 aromatic heterocycles. The van der Waals surface area contributed by atoms with Crippen LogP contribution >= 0.6 is 7.82 Å². The lowest BCUT2D eigenvalue weighted by Gasteiger charge is -2.24. The Labute approximate surface area is 419 Å². The van der Waals surface area contributed by atoms with E-state index in [1.165, 1.54) is 148 Å². The Morgan fingerprint density at radius 1 is 0.471 bits per heavy atom. The summed E-state index contributed by atoms with van der Waals surface area (Å²) in [5.74, 6) is -0.797. The van der Waals surface area contributed by atoms with Gasteiger partial charge in [-0.25, -0.2) is 4.57 Å². The van der Waals surface area contributed by atoms with Gasteiger partial charge in [-0.1, -0.05) is 235 Å². The number of phosphoric acid groups is 1. The Bertz CT molecular complexity index is 1340. The van der Waals surface area contributed by atoms with Crippen LogP contribution < -0.4 is 0 Å². The lowest BCUT2D eigenvalue weighted by atomic mass is 10.0. The van der Waals surface area contributed by atoms with E-state index in [4.69, 9.17) is 18.5 Å². The molecule has 2 atom stereocenters. The monoisotopic (exact) mass is 977 g/mol. The molecule has 0 aromatic rings. The van der Waals surface area contributed by atoms with E-state index in [9.17, 15) is 19.0 Å². The Hall–Kier alpha value is -2.29. The second kappa shape index (κ2) is 49.7. The number of ether oxygens (including phenoxy) is 2. The molecule has 2 unspecified atom stereocenters. The molecule has 0 aliphatic carbocycles. The number of likely N-dealkylation sites (N-methyl/N-ethyl adjacent to an activating group) is 1. The predicted molar refractivity (Wildman–Crippen MR) is 289 cm³/mol. The third-order valence-electron chi connectivity index (χ3n) is 12.1. The van der Waals surface area contributed by atoms with E-state index in [1.54, 1.807) is 0 Å². The molecule has 0 fully saturated rings. The van der Waals surface area contributed by atoms with Crippen molar-refractivity contribution in [2.75, 3.05) is 47.5 Å². The Morgan fingerprint density at radius 2 is 0.838 bits per heavy atom. The number of allylic oxidation sites excluding steroid dienone is 10. The molecule has 9 nitrogen and oxygen atoms in total. The van der Waals surface area contributed by atoms with Gasteiger partial charge in [0.05, 0.1) is 27.7 Å². The SMILES string of the molecule is CC/C=C\C/C=C\C/C=C\C/C=C\C/C=C\CCCCCCCCCCCCCCCCCCCCCCCC(=O)OC(COC(=O)CCCCCCCCC)COP(=O)(O)OCC[N+](C)(C)C. The number of hydrogen-bond acceptors (Lipinski definition) is 7. The van der Waals surface area contributed by atoms with Gasteiger partial charge < -0.3 is 18.9 Å². The van der Waals surface area contributed by atoms with Gasteiger partial charge in [-0.05, 0) is 57.8 Å². The average Bonchev–Trinajstić information content (AvgIpc) is 3.30. The maximum atomic E-state index is 12.7. The minimum absolute atomic E-state index is 0.0331. The molecule has 0 heterocycles. The highest BCUT2D eigenvalue weighted by molar-refractivity contribution is 7.47. The smallest absolute Gasteiger partial charge is 0.462 e. The van der Waals surface area contributed by atoms with Crippen molar-refractivity contribution in [2.24, 2.45) is 0 Å². The van der Waals surface area contributed by atoms with Crippen molar-refractivity contribution in [1.29, 1.82) is 0 Å². The summed E-state index contributed by atoms with van der Waals surface area (Å²) in [5, 5.41) is 0. The minimum Gasteiger partial charge on any atom is -0.462 e. The van der Waals surface area contributed by atoms with Crippen LogP contribution in [0.25, 0.3) is 0 Å².